The number of carbonyl (C=O) groups excluding carboxylic acids is 1. The molecule has 10 nitrogen and oxygen atoms in total. The third-order valence-corrected chi connectivity index (χ3v) is 4.19. The molecule has 11 heteroatoms. The van der Waals surface area contributed by atoms with Crippen LogP contribution in [0.15, 0.2) is 38.4 Å². The first-order chi connectivity index (χ1) is 13.8. The summed E-state index contributed by atoms with van der Waals surface area (Å²) >= 11 is 5.88. The van der Waals surface area contributed by atoms with Gasteiger partial charge in [0.05, 0.1) is 5.69 Å². The molecule has 0 saturated carbocycles. The van der Waals surface area contributed by atoms with Crippen molar-refractivity contribution in [3.63, 3.8) is 0 Å². The zero-order chi connectivity index (χ0) is 21.1. The summed E-state index contributed by atoms with van der Waals surface area (Å²) in [5.74, 6) is -0.0235. The van der Waals surface area contributed by atoms with Crippen molar-refractivity contribution in [2.45, 2.75) is 32.7 Å². The summed E-state index contributed by atoms with van der Waals surface area (Å²) in [5.41, 5.74) is -1.02. The molecule has 3 aromatic rings. The monoisotopic (exact) mass is 418 g/mol. The molecule has 0 bridgehead atoms. The van der Waals surface area contributed by atoms with Crippen LogP contribution in [0.3, 0.4) is 0 Å². The zero-order valence-corrected chi connectivity index (χ0v) is 16.8. The Morgan fingerprint density at radius 3 is 2.59 bits per heavy atom. The number of amides is 1. The number of nitrogens with one attached hydrogen (secondary N) is 1. The molecule has 1 N–H and O–H groups in total. The van der Waals surface area contributed by atoms with Gasteiger partial charge in [-0.2, -0.15) is 14.8 Å². The summed E-state index contributed by atoms with van der Waals surface area (Å²) in [5, 5.41) is 11.1. The molecule has 3 rings (SSSR count). The zero-order valence-electron chi connectivity index (χ0n) is 16.0. The minimum absolute atomic E-state index is 0.0295. The van der Waals surface area contributed by atoms with Crippen molar-refractivity contribution in [1.29, 1.82) is 0 Å². The standard InChI is InChI=1S/C18H19ClN6O4/c1-10(2)20-13(26)8-9-14-21-16(23-29-14)15-17(27)24(3)18(28)25(22-15)12-6-4-11(19)5-7-12/h4-7,10H,8-9H2,1-3H3,(H,20,26). The van der Waals surface area contributed by atoms with Crippen molar-refractivity contribution in [3.05, 3.63) is 56.0 Å². The molecule has 0 unspecified atom stereocenters. The van der Waals surface area contributed by atoms with Crippen LogP contribution in [0, 0.1) is 0 Å². The number of carbonyl (C=O) groups is 1. The van der Waals surface area contributed by atoms with Gasteiger partial charge in [-0.3, -0.25) is 14.2 Å². The number of hydrogen-bond acceptors (Lipinski definition) is 7. The summed E-state index contributed by atoms with van der Waals surface area (Å²) in [6.07, 6.45) is 0.373. The first-order valence-corrected chi connectivity index (χ1v) is 9.22. The molecule has 2 heterocycles. The second kappa shape index (κ2) is 8.39. The van der Waals surface area contributed by atoms with E-state index in [2.05, 4.69) is 20.6 Å². The van der Waals surface area contributed by atoms with Gasteiger partial charge in [-0.15, -0.1) is 0 Å². The van der Waals surface area contributed by atoms with Crippen LogP contribution in [0.25, 0.3) is 17.2 Å². The Morgan fingerprint density at radius 1 is 1.24 bits per heavy atom. The summed E-state index contributed by atoms with van der Waals surface area (Å²) in [7, 11) is 1.33. The fourth-order valence-electron chi connectivity index (χ4n) is 2.53. The van der Waals surface area contributed by atoms with Crippen molar-refractivity contribution >= 4 is 17.5 Å². The number of aromatic nitrogens is 5. The van der Waals surface area contributed by atoms with E-state index in [0.29, 0.717) is 10.7 Å². The number of nitrogens with zero attached hydrogens (tertiary/aromatic N) is 5. The number of halogens is 1. The van der Waals surface area contributed by atoms with Crippen molar-refractivity contribution in [1.82, 2.24) is 29.8 Å². The van der Waals surface area contributed by atoms with Gasteiger partial charge >= 0.3 is 5.69 Å². The molecule has 1 aromatic carbocycles. The van der Waals surface area contributed by atoms with E-state index in [0.717, 1.165) is 9.25 Å². The van der Waals surface area contributed by atoms with E-state index in [1.54, 1.807) is 24.3 Å². The van der Waals surface area contributed by atoms with Crippen molar-refractivity contribution < 1.29 is 9.32 Å². The van der Waals surface area contributed by atoms with E-state index in [1.165, 1.54) is 7.05 Å². The van der Waals surface area contributed by atoms with E-state index < -0.39 is 11.2 Å². The van der Waals surface area contributed by atoms with Gasteiger partial charge in [0, 0.05) is 31.0 Å². The van der Waals surface area contributed by atoms with Gasteiger partial charge in [0.1, 0.15) is 0 Å². The fourth-order valence-corrected chi connectivity index (χ4v) is 2.66. The minimum Gasteiger partial charge on any atom is -0.354 e. The molecule has 0 aliphatic carbocycles. The number of aryl methyl sites for hydroxylation is 1. The van der Waals surface area contributed by atoms with Crippen LogP contribution in [0.2, 0.25) is 5.02 Å². The smallest absolute Gasteiger partial charge is 0.351 e. The van der Waals surface area contributed by atoms with Crippen LogP contribution in [-0.4, -0.2) is 36.4 Å². The Morgan fingerprint density at radius 2 is 1.93 bits per heavy atom. The Hall–Kier alpha value is -3.27. The molecule has 1 amide bonds. The largest absolute Gasteiger partial charge is 0.354 e. The summed E-state index contributed by atoms with van der Waals surface area (Å²) < 4.78 is 7.09. The van der Waals surface area contributed by atoms with E-state index in [4.69, 9.17) is 16.1 Å². The Balaban J connectivity index is 1.92. The molecule has 0 aliphatic rings. The van der Waals surface area contributed by atoms with Gasteiger partial charge in [0.25, 0.3) is 5.56 Å². The fraction of sp³-hybridized carbons (Fsp3) is 0.333. The van der Waals surface area contributed by atoms with E-state index in [9.17, 15) is 14.4 Å². The molecule has 0 radical (unpaired) electrons. The lowest BCUT2D eigenvalue weighted by molar-refractivity contribution is -0.121. The lowest BCUT2D eigenvalue weighted by Crippen LogP contribution is -2.40. The molecule has 2 aromatic heterocycles. The van der Waals surface area contributed by atoms with Crippen LogP contribution in [0.5, 0.6) is 0 Å². The Kier molecular flexibility index (Phi) is 5.92. The van der Waals surface area contributed by atoms with E-state index in [1.807, 2.05) is 13.8 Å². The van der Waals surface area contributed by atoms with Crippen LogP contribution < -0.4 is 16.6 Å². The van der Waals surface area contributed by atoms with Crippen LogP contribution in [-0.2, 0) is 18.3 Å². The van der Waals surface area contributed by atoms with Gasteiger partial charge in [0.2, 0.25) is 17.6 Å². The van der Waals surface area contributed by atoms with E-state index >= 15 is 0 Å². The average molecular weight is 419 g/mol. The normalized spacial score (nSPS) is 11.1. The minimum atomic E-state index is -0.662. The van der Waals surface area contributed by atoms with E-state index in [-0.39, 0.29) is 42.2 Å². The van der Waals surface area contributed by atoms with Crippen LogP contribution in [0.1, 0.15) is 26.2 Å². The average Bonchev–Trinajstić information content (AvgIpc) is 3.14. The molecular weight excluding hydrogens is 400 g/mol. The second-order valence-corrected chi connectivity index (χ2v) is 7.05. The lowest BCUT2D eigenvalue weighted by atomic mass is 10.2. The molecule has 0 fully saturated rings. The van der Waals surface area contributed by atoms with Crippen LogP contribution in [0.4, 0.5) is 0 Å². The first kappa shape index (κ1) is 20.5. The van der Waals surface area contributed by atoms with Gasteiger partial charge < -0.3 is 9.84 Å². The topological polar surface area (TPSA) is 125 Å². The SMILES string of the molecule is CC(C)NC(=O)CCc1nc(-c2nn(-c3ccc(Cl)cc3)c(=O)n(C)c2=O)no1. The quantitative estimate of drug-likeness (QED) is 0.635. The first-order valence-electron chi connectivity index (χ1n) is 8.85. The molecule has 0 atom stereocenters. The highest BCUT2D eigenvalue weighted by Gasteiger charge is 2.19. The lowest BCUT2D eigenvalue weighted by Gasteiger charge is -2.07. The second-order valence-electron chi connectivity index (χ2n) is 6.62. The number of rotatable bonds is 6. The van der Waals surface area contributed by atoms with Gasteiger partial charge in [-0.05, 0) is 38.1 Å². The molecule has 29 heavy (non-hydrogen) atoms. The van der Waals surface area contributed by atoms with Crippen LogP contribution >= 0.6 is 11.6 Å². The molecule has 0 spiro atoms. The molecular formula is C18H19ClN6O4. The van der Waals surface area contributed by atoms with Crippen molar-refractivity contribution in [2.24, 2.45) is 7.05 Å². The number of hydrogen-bond donors (Lipinski definition) is 1. The van der Waals surface area contributed by atoms with Crippen molar-refractivity contribution in [2.75, 3.05) is 0 Å². The maximum atomic E-state index is 12.5. The highest BCUT2D eigenvalue weighted by Crippen LogP contribution is 2.13. The van der Waals surface area contributed by atoms with Gasteiger partial charge in [-0.25, -0.2) is 4.79 Å². The summed E-state index contributed by atoms with van der Waals surface area (Å²) in [6.45, 7) is 3.72. The van der Waals surface area contributed by atoms with Gasteiger partial charge in [0.15, 0.2) is 5.69 Å². The predicted octanol–water partition coefficient (Wildman–Crippen LogP) is 1.09. The third-order valence-electron chi connectivity index (χ3n) is 3.94. The Labute approximate surface area is 170 Å². The van der Waals surface area contributed by atoms with Crippen molar-refractivity contribution in [3.8, 4) is 17.2 Å². The highest BCUT2D eigenvalue weighted by molar-refractivity contribution is 6.30. The molecule has 152 valence electrons. The maximum absolute atomic E-state index is 12.5. The summed E-state index contributed by atoms with van der Waals surface area (Å²) in [4.78, 5) is 40.8. The van der Waals surface area contributed by atoms with Gasteiger partial charge in [-0.1, -0.05) is 16.8 Å². The summed E-state index contributed by atoms with van der Waals surface area (Å²) in [6, 6.07) is 6.43. The third kappa shape index (κ3) is 4.60. The molecule has 0 saturated heterocycles. The maximum Gasteiger partial charge on any atom is 0.351 e. The Bertz CT molecular complexity index is 1150. The highest BCUT2D eigenvalue weighted by atomic mass is 35.5. The number of benzene rings is 1. The molecule has 0 aliphatic heterocycles. The predicted molar refractivity (Wildman–Crippen MR) is 105 cm³/mol.